The highest BCUT2D eigenvalue weighted by Crippen LogP contribution is 2.33. The average molecular weight is 502 g/mol. The Bertz CT molecular complexity index is 1260. The number of likely N-dealkylation sites (N-methyl/N-ethyl adjacent to an activating group) is 1. The molecule has 192 valence electrons. The molecule has 2 heterocycles. The maximum absolute atomic E-state index is 14.0. The molecule has 0 bridgehead atoms. The Balaban J connectivity index is 1.17. The quantitative estimate of drug-likeness (QED) is 0.516. The van der Waals surface area contributed by atoms with Gasteiger partial charge in [0.25, 0.3) is 5.91 Å². The first-order chi connectivity index (χ1) is 17.3. The topological polar surface area (TPSA) is 73.6 Å². The summed E-state index contributed by atoms with van der Waals surface area (Å²) >= 11 is 0. The fraction of sp³-hybridized carbons (Fsp3) is 0.462. The van der Waals surface area contributed by atoms with Crippen LogP contribution in [0.4, 0.5) is 18.9 Å². The molecule has 5 rings (SSSR count). The van der Waals surface area contributed by atoms with E-state index in [1.807, 2.05) is 4.68 Å². The number of anilines is 1. The molecule has 2 aromatic carbocycles. The lowest BCUT2D eigenvalue weighted by atomic mass is 9.86. The van der Waals surface area contributed by atoms with E-state index >= 15 is 0 Å². The van der Waals surface area contributed by atoms with E-state index in [2.05, 4.69) is 46.6 Å². The third-order valence-electron chi connectivity index (χ3n) is 7.50. The number of phenolic OH excluding ortho intramolecular Hbond substituents is 1. The Labute approximate surface area is 207 Å². The van der Waals surface area contributed by atoms with Gasteiger partial charge < -0.3 is 20.2 Å². The van der Waals surface area contributed by atoms with E-state index in [9.17, 15) is 18.0 Å². The highest BCUT2D eigenvalue weighted by molar-refractivity contribution is 5.94. The van der Waals surface area contributed by atoms with Crippen molar-refractivity contribution in [3.05, 3.63) is 53.5 Å². The van der Waals surface area contributed by atoms with Crippen molar-refractivity contribution in [2.75, 3.05) is 44.7 Å². The normalized spacial score (nSPS) is 21.2. The van der Waals surface area contributed by atoms with Gasteiger partial charge in [0.15, 0.2) is 17.4 Å². The number of halogens is 3. The molecule has 0 unspecified atom stereocenters. The van der Waals surface area contributed by atoms with Crippen molar-refractivity contribution in [1.82, 2.24) is 20.0 Å². The van der Waals surface area contributed by atoms with Gasteiger partial charge in [0.2, 0.25) is 5.82 Å². The Morgan fingerprint density at radius 3 is 2.50 bits per heavy atom. The van der Waals surface area contributed by atoms with Gasteiger partial charge in [-0.2, -0.15) is 9.49 Å². The zero-order valence-electron chi connectivity index (χ0n) is 20.2. The predicted molar refractivity (Wildman–Crippen MR) is 131 cm³/mol. The number of carbonyl (C=O) groups is 1. The second kappa shape index (κ2) is 10.0. The van der Waals surface area contributed by atoms with Crippen LogP contribution in [0.1, 0.15) is 42.1 Å². The van der Waals surface area contributed by atoms with Gasteiger partial charge in [-0.05, 0) is 62.9 Å². The molecule has 2 fully saturated rings. The second-order valence-electron chi connectivity index (χ2n) is 9.91. The van der Waals surface area contributed by atoms with Crippen molar-refractivity contribution in [3.8, 4) is 5.75 Å². The molecule has 1 aromatic heterocycles. The van der Waals surface area contributed by atoms with Crippen molar-refractivity contribution in [1.29, 1.82) is 0 Å². The molecule has 0 spiro atoms. The number of amides is 1. The lowest BCUT2D eigenvalue weighted by Crippen LogP contribution is -2.44. The summed E-state index contributed by atoms with van der Waals surface area (Å²) < 4.78 is 43.1. The lowest BCUT2D eigenvalue weighted by molar-refractivity contribution is 0.0935. The van der Waals surface area contributed by atoms with Crippen LogP contribution in [0, 0.1) is 23.4 Å². The van der Waals surface area contributed by atoms with Crippen molar-refractivity contribution in [2.24, 2.45) is 5.92 Å². The van der Waals surface area contributed by atoms with E-state index in [0.29, 0.717) is 6.07 Å². The van der Waals surface area contributed by atoms with Crippen molar-refractivity contribution < 1.29 is 23.1 Å². The summed E-state index contributed by atoms with van der Waals surface area (Å²) in [5.41, 5.74) is 1.43. The molecule has 36 heavy (non-hydrogen) atoms. The number of carbonyl (C=O) groups excluding carboxylic acids is 1. The minimum absolute atomic E-state index is 0.175. The summed E-state index contributed by atoms with van der Waals surface area (Å²) in [6, 6.07) is 7.22. The molecule has 1 aliphatic carbocycles. The maximum Gasteiger partial charge on any atom is 0.254 e. The predicted octanol–water partition coefficient (Wildman–Crippen LogP) is 4.07. The summed E-state index contributed by atoms with van der Waals surface area (Å²) in [7, 11) is 2.14. The fourth-order valence-electron chi connectivity index (χ4n) is 5.17. The van der Waals surface area contributed by atoms with Crippen LogP contribution in [0.2, 0.25) is 0 Å². The van der Waals surface area contributed by atoms with Gasteiger partial charge in [0, 0.05) is 50.0 Å². The molecule has 1 saturated carbocycles. The summed E-state index contributed by atoms with van der Waals surface area (Å²) in [5.74, 6) is -6.85. The van der Waals surface area contributed by atoms with E-state index in [1.165, 1.54) is 5.69 Å². The molecule has 1 aliphatic heterocycles. The number of nitrogens with zero attached hydrogens (tertiary/aromatic N) is 4. The molecule has 1 amide bonds. The van der Waals surface area contributed by atoms with Gasteiger partial charge in [-0.1, -0.05) is 0 Å². The van der Waals surface area contributed by atoms with Crippen LogP contribution in [0.3, 0.4) is 0 Å². The Kier molecular flexibility index (Phi) is 6.79. The van der Waals surface area contributed by atoms with Crippen molar-refractivity contribution >= 4 is 22.5 Å². The van der Waals surface area contributed by atoms with E-state index in [4.69, 9.17) is 10.2 Å². The number of benzene rings is 2. The highest BCUT2D eigenvalue weighted by Gasteiger charge is 2.26. The minimum atomic E-state index is -1.76. The first kappa shape index (κ1) is 24.4. The van der Waals surface area contributed by atoms with Crippen LogP contribution in [0.5, 0.6) is 5.75 Å². The number of fused-ring (bicyclic) bond motifs is 1. The minimum Gasteiger partial charge on any atom is -0.503 e. The summed E-state index contributed by atoms with van der Waals surface area (Å²) in [4.78, 5) is 17.0. The zero-order chi connectivity index (χ0) is 25.4. The summed E-state index contributed by atoms with van der Waals surface area (Å²) in [6.07, 6.45) is 5.54. The molecule has 1 saturated heterocycles. The zero-order valence-corrected chi connectivity index (χ0v) is 20.2. The molecule has 2 aliphatic rings. The smallest absolute Gasteiger partial charge is 0.254 e. The number of hydrogen-bond donors (Lipinski definition) is 2. The molecular weight excluding hydrogens is 471 g/mol. The van der Waals surface area contributed by atoms with Crippen LogP contribution in [-0.2, 0) is 0 Å². The van der Waals surface area contributed by atoms with E-state index in [0.717, 1.165) is 62.8 Å². The number of rotatable bonds is 5. The third kappa shape index (κ3) is 4.86. The summed E-state index contributed by atoms with van der Waals surface area (Å²) in [6.45, 7) is 4.39. The Hall–Kier alpha value is -3.27. The van der Waals surface area contributed by atoms with Crippen molar-refractivity contribution in [3.63, 3.8) is 0 Å². The van der Waals surface area contributed by atoms with Gasteiger partial charge >= 0.3 is 0 Å². The van der Waals surface area contributed by atoms with E-state index in [1.54, 1.807) is 0 Å². The average Bonchev–Trinajstić information content (AvgIpc) is 3.32. The molecular formula is C26H30F3N5O2. The molecule has 7 nitrogen and oxygen atoms in total. The molecule has 0 radical (unpaired) electrons. The number of phenols is 1. The summed E-state index contributed by atoms with van der Waals surface area (Å²) in [5, 5.41) is 17.7. The SMILES string of the molecule is CN1CCN(c2ccc3cn([C@H]4CC[C@H](CNC(=O)c5cc(F)c(O)c(F)c5F)CC4)nc3c2)CC1. The molecule has 10 heteroatoms. The van der Waals surface area contributed by atoms with Gasteiger partial charge in [0.1, 0.15) is 0 Å². The monoisotopic (exact) mass is 501 g/mol. The molecule has 0 atom stereocenters. The number of aromatic hydroxyl groups is 1. The fourth-order valence-corrected chi connectivity index (χ4v) is 5.17. The van der Waals surface area contributed by atoms with E-state index in [-0.39, 0.29) is 18.5 Å². The molecule has 2 N–H and O–H groups in total. The maximum atomic E-state index is 14.0. The van der Waals surface area contributed by atoms with Crippen LogP contribution in [-0.4, -0.2) is 65.5 Å². The van der Waals surface area contributed by atoms with Crippen LogP contribution in [0.15, 0.2) is 30.5 Å². The van der Waals surface area contributed by atoms with Gasteiger partial charge in [-0.15, -0.1) is 0 Å². The molecule has 3 aromatic rings. The highest BCUT2D eigenvalue weighted by atomic mass is 19.2. The van der Waals surface area contributed by atoms with Gasteiger partial charge in [0.05, 0.1) is 17.1 Å². The Morgan fingerprint density at radius 1 is 1.06 bits per heavy atom. The number of piperazine rings is 1. The number of nitrogens with one attached hydrogen (secondary N) is 1. The first-order valence-corrected chi connectivity index (χ1v) is 12.4. The largest absolute Gasteiger partial charge is 0.503 e. The number of hydrogen-bond acceptors (Lipinski definition) is 5. The standard InChI is InChI=1S/C26H30F3N5O2/c1-32-8-10-33(11-9-32)19-7-4-17-15-34(31-22(17)12-19)18-5-2-16(3-6-18)14-30-26(36)20-13-21(27)25(35)24(29)23(20)28/h4,7,12-13,15-16,18,35H,2-3,5-6,8-11,14H2,1H3,(H,30,36)/t16-,18-. The third-order valence-corrected chi connectivity index (χ3v) is 7.50. The van der Waals surface area contributed by atoms with Gasteiger partial charge in [-0.3, -0.25) is 9.48 Å². The van der Waals surface area contributed by atoms with Crippen molar-refractivity contribution in [2.45, 2.75) is 31.7 Å². The van der Waals surface area contributed by atoms with Gasteiger partial charge in [-0.25, -0.2) is 8.78 Å². The lowest BCUT2D eigenvalue weighted by Gasteiger charge is -2.34. The second-order valence-corrected chi connectivity index (χ2v) is 9.91. The van der Waals surface area contributed by atoms with E-state index < -0.39 is 34.7 Å². The van der Waals surface area contributed by atoms with Crippen LogP contribution >= 0.6 is 0 Å². The first-order valence-electron chi connectivity index (χ1n) is 12.4. The number of aromatic nitrogens is 2. The van der Waals surface area contributed by atoms with Crippen LogP contribution < -0.4 is 10.2 Å². The van der Waals surface area contributed by atoms with Crippen LogP contribution in [0.25, 0.3) is 10.9 Å². The Morgan fingerprint density at radius 2 is 1.78 bits per heavy atom.